The second kappa shape index (κ2) is 7.33. The van der Waals surface area contributed by atoms with Gasteiger partial charge < -0.3 is 10.6 Å². The maximum atomic E-state index is 6.19. The van der Waals surface area contributed by atoms with Gasteiger partial charge in [-0.25, -0.2) is 0 Å². The summed E-state index contributed by atoms with van der Waals surface area (Å²) in [5.74, 6) is 1.29. The highest BCUT2D eigenvalue weighted by Gasteiger charge is 2.10. The van der Waals surface area contributed by atoms with Gasteiger partial charge in [0, 0.05) is 30.5 Å². The zero-order valence-corrected chi connectivity index (χ0v) is 15.9. The summed E-state index contributed by atoms with van der Waals surface area (Å²) in [5.41, 5.74) is 0.995. The summed E-state index contributed by atoms with van der Waals surface area (Å²) in [5, 5.41) is 15.9. The van der Waals surface area contributed by atoms with Crippen LogP contribution in [0.3, 0.4) is 0 Å². The molecule has 0 saturated heterocycles. The number of aryl methyl sites for hydroxylation is 1. The molecule has 3 aromatic rings. The number of halogens is 2. The second-order valence-corrected chi connectivity index (χ2v) is 6.74. The molecular weight excluding hydrogens is 412 g/mol. The van der Waals surface area contributed by atoms with Crippen molar-refractivity contribution in [2.24, 2.45) is 7.05 Å². The lowest BCUT2D eigenvalue weighted by Gasteiger charge is -2.06. The molecule has 0 aliphatic heterocycles. The molecule has 9 heteroatoms. The first kappa shape index (κ1) is 16.9. The highest BCUT2D eigenvalue weighted by Crippen LogP contribution is 2.22. The van der Waals surface area contributed by atoms with E-state index in [1.54, 1.807) is 9.36 Å². The van der Waals surface area contributed by atoms with Crippen molar-refractivity contribution < 1.29 is 0 Å². The molecule has 0 aliphatic rings. The zero-order chi connectivity index (χ0) is 17.1. The van der Waals surface area contributed by atoms with Crippen LogP contribution in [-0.2, 0) is 13.6 Å². The number of thiocarbonyl (C=S) groups is 1. The first-order valence-electron chi connectivity index (χ1n) is 7.05. The molecule has 0 aliphatic carbocycles. The number of rotatable bonds is 4. The third kappa shape index (κ3) is 4.14. The summed E-state index contributed by atoms with van der Waals surface area (Å²) in [4.78, 5) is 0. The summed E-state index contributed by atoms with van der Waals surface area (Å²) in [6.45, 7) is 0.570. The van der Waals surface area contributed by atoms with Gasteiger partial charge in [0.25, 0.3) is 0 Å². The number of nitrogens with zero attached hydrogens (tertiary/aromatic N) is 4. The molecule has 124 valence electrons. The van der Waals surface area contributed by atoms with Crippen molar-refractivity contribution >= 4 is 56.5 Å². The minimum absolute atomic E-state index is 0.414. The summed E-state index contributed by atoms with van der Waals surface area (Å²) < 4.78 is 4.29. The Bertz CT molecular complexity index is 874. The van der Waals surface area contributed by atoms with Crippen LogP contribution in [-0.4, -0.2) is 24.7 Å². The first-order valence-corrected chi connectivity index (χ1v) is 8.63. The highest BCUT2D eigenvalue weighted by molar-refractivity contribution is 9.10. The molecule has 1 aromatic carbocycles. The van der Waals surface area contributed by atoms with Gasteiger partial charge in [-0.3, -0.25) is 9.36 Å². The number of anilines is 2. The predicted octanol–water partition coefficient (Wildman–Crippen LogP) is 3.89. The number of hydrogen-bond donors (Lipinski definition) is 2. The lowest BCUT2D eigenvalue weighted by molar-refractivity contribution is 0.690. The molecule has 2 N–H and O–H groups in total. The van der Waals surface area contributed by atoms with E-state index >= 15 is 0 Å². The SMILES string of the molecule is Cn1ccc(NC(=S)Nc2nn(Cc3ccccc3Cl)cc2Br)n1. The van der Waals surface area contributed by atoms with Gasteiger partial charge >= 0.3 is 0 Å². The van der Waals surface area contributed by atoms with Crippen molar-refractivity contribution in [2.75, 3.05) is 10.6 Å². The smallest absolute Gasteiger partial charge is 0.177 e. The van der Waals surface area contributed by atoms with Gasteiger partial charge in [-0.05, 0) is 39.8 Å². The highest BCUT2D eigenvalue weighted by atomic mass is 79.9. The van der Waals surface area contributed by atoms with Gasteiger partial charge in [-0.15, -0.1) is 0 Å². The number of benzene rings is 1. The third-order valence-corrected chi connectivity index (χ3v) is 4.35. The van der Waals surface area contributed by atoms with E-state index < -0.39 is 0 Å². The molecule has 0 atom stereocenters. The van der Waals surface area contributed by atoms with Crippen LogP contribution in [0.15, 0.2) is 47.2 Å². The lowest BCUT2D eigenvalue weighted by atomic mass is 10.2. The van der Waals surface area contributed by atoms with E-state index in [1.807, 2.05) is 49.8 Å². The molecule has 0 bridgehead atoms. The number of hydrogen-bond acceptors (Lipinski definition) is 3. The van der Waals surface area contributed by atoms with Gasteiger partial charge in [0.05, 0.1) is 11.0 Å². The van der Waals surface area contributed by atoms with E-state index in [9.17, 15) is 0 Å². The van der Waals surface area contributed by atoms with E-state index in [0.717, 1.165) is 10.0 Å². The van der Waals surface area contributed by atoms with Gasteiger partial charge in [0.1, 0.15) is 0 Å². The molecule has 0 saturated carbocycles. The fourth-order valence-corrected chi connectivity index (χ4v) is 2.91. The van der Waals surface area contributed by atoms with E-state index in [1.165, 1.54) is 0 Å². The van der Waals surface area contributed by atoms with Crippen LogP contribution in [0.4, 0.5) is 11.6 Å². The predicted molar refractivity (Wildman–Crippen MR) is 104 cm³/mol. The van der Waals surface area contributed by atoms with Crippen molar-refractivity contribution in [3.8, 4) is 0 Å². The molecule has 0 amide bonds. The molecule has 3 rings (SSSR count). The average molecular weight is 426 g/mol. The van der Waals surface area contributed by atoms with Crippen molar-refractivity contribution in [2.45, 2.75) is 6.54 Å². The Balaban J connectivity index is 1.67. The molecule has 2 heterocycles. The quantitative estimate of drug-likeness (QED) is 0.621. The third-order valence-electron chi connectivity index (χ3n) is 3.19. The average Bonchev–Trinajstić information content (AvgIpc) is 3.08. The Morgan fingerprint density at radius 1 is 1.25 bits per heavy atom. The van der Waals surface area contributed by atoms with Crippen LogP contribution in [0, 0.1) is 0 Å². The van der Waals surface area contributed by atoms with Gasteiger partial charge in [0.2, 0.25) is 0 Å². The summed E-state index contributed by atoms with van der Waals surface area (Å²) in [6.07, 6.45) is 3.70. The van der Waals surface area contributed by atoms with E-state index in [-0.39, 0.29) is 0 Å². The molecular formula is C15H14BrClN6S. The van der Waals surface area contributed by atoms with Crippen LogP contribution in [0.2, 0.25) is 5.02 Å². The van der Waals surface area contributed by atoms with Crippen molar-refractivity contribution in [3.05, 3.63) is 57.8 Å². The largest absolute Gasteiger partial charge is 0.316 e. The Labute approximate surface area is 157 Å². The molecule has 0 spiro atoms. The first-order chi connectivity index (χ1) is 11.5. The van der Waals surface area contributed by atoms with E-state index in [2.05, 4.69) is 36.8 Å². The molecule has 0 fully saturated rings. The topological polar surface area (TPSA) is 59.7 Å². The molecule has 24 heavy (non-hydrogen) atoms. The summed E-state index contributed by atoms with van der Waals surface area (Å²) in [7, 11) is 1.84. The monoisotopic (exact) mass is 424 g/mol. The normalized spacial score (nSPS) is 10.6. The molecule has 2 aromatic heterocycles. The van der Waals surface area contributed by atoms with Crippen LogP contribution in [0.25, 0.3) is 0 Å². The zero-order valence-electron chi connectivity index (χ0n) is 12.7. The van der Waals surface area contributed by atoms with E-state index in [4.69, 9.17) is 23.8 Å². The molecule has 0 unspecified atom stereocenters. The lowest BCUT2D eigenvalue weighted by Crippen LogP contribution is -2.20. The minimum Gasteiger partial charge on any atom is -0.316 e. The maximum Gasteiger partial charge on any atom is 0.177 e. The van der Waals surface area contributed by atoms with Crippen LogP contribution < -0.4 is 10.6 Å². The molecule has 0 radical (unpaired) electrons. The van der Waals surface area contributed by atoms with Crippen LogP contribution in [0.1, 0.15) is 5.56 Å². The van der Waals surface area contributed by atoms with Crippen molar-refractivity contribution in [3.63, 3.8) is 0 Å². The Hall–Kier alpha value is -1.90. The fraction of sp³-hybridized carbons (Fsp3) is 0.133. The molecule has 6 nitrogen and oxygen atoms in total. The Morgan fingerprint density at radius 2 is 2.04 bits per heavy atom. The minimum atomic E-state index is 0.414. The van der Waals surface area contributed by atoms with Gasteiger partial charge in [-0.2, -0.15) is 10.2 Å². The number of aromatic nitrogens is 4. The number of nitrogens with one attached hydrogen (secondary N) is 2. The van der Waals surface area contributed by atoms with Gasteiger partial charge in [-0.1, -0.05) is 29.8 Å². The van der Waals surface area contributed by atoms with Crippen molar-refractivity contribution in [1.29, 1.82) is 0 Å². The Morgan fingerprint density at radius 3 is 2.75 bits per heavy atom. The summed E-state index contributed by atoms with van der Waals surface area (Å²) in [6, 6.07) is 9.52. The van der Waals surface area contributed by atoms with Crippen LogP contribution >= 0.6 is 39.7 Å². The fourth-order valence-electron chi connectivity index (χ4n) is 2.10. The van der Waals surface area contributed by atoms with Crippen molar-refractivity contribution in [1.82, 2.24) is 19.6 Å². The standard InChI is InChI=1S/C15H14BrClN6S/c1-22-7-6-13(20-22)18-15(24)19-14-11(16)9-23(21-14)8-10-4-2-3-5-12(10)17/h2-7,9H,8H2,1H3,(H2,18,19,20,21,24). The van der Waals surface area contributed by atoms with E-state index in [0.29, 0.717) is 28.3 Å². The van der Waals surface area contributed by atoms with Crippen LogP contribution in [0.5, 0.6) is 0 Å². The maximum absolute atomic E-state index is 6.19. The summed E-state index contributed by atoms with van der Waals surface area (Å²) >= 11 is 15.0. The Kier molecular flexibility index (Phi) is 5.17. The van der Waals surface area contributed by atoms with Gasteiger partial charge in [0.15, 0.2) is 16.7 Å². The second-order valence-electron chi connectivity index (χ2n) is 5.07.